The zero-order chi connectivity index (χ0) is 20.1. The molecule has 26 heavy (non-hydrogen) atoms. The molecular weight excluding hydrogens is 360 g/mol. The predicted molar refractivity (Wildman–Crippen MR) is 96.6 cm³/mol. The van der Waals surface area contributed by atoms with Gasteiger partial charge in [0.2, 0.25) is 10.0 Å². The Morgan fingerprint density at radius 3 is 2.31 bits per heavy atom. The molecule has 0 saturated heterocycles. The number of hydrogen-bond donors (Lipinski definition) is 1. The lowest BCUT2D eigenvalue weighted by Crippen LogP contribution is -2.38. The minimum absolute atomic E-state index is 0.0101. The fourth-order valence-electron chi connectivity index (χ4n) is 1.88. The number of carbonyl (C=O) groups excluding carboxylic acids is 2. The predicted octanol–water partition coefficient (Wildman–Crippen LogP) is 1.26. The molecule has 8 nitrogen and oxygen atoms in total. The van der Waals surface area contributed by atoms with Crippen molar-refractivity contribution >= 4 is 21.9 Å². The number of hydrogen-bond acceptors (Lipinski definition) is 6. The summed E-state index contributed by atoms with van der Waals surface area (Å²) in [6.07, 6.45) is 0. The molecule has 0 aromatic heterocycles. The minimum atomic E-state index is -3.81. The summed E-state index contributed by atoms with van der Waals surface area (Å²) in [5, 5.41) is 2.72. The molecule has 1 rings (SSSR count). The van der Waals surface area contributed by atoms with Crippen LogP contribution in [0.15, 0.2) is 23.1 Å². The van der Waals surface area contributed by atoms with Gasteiger partial charge in [-0.2, -0.15) is 0 Å². The van der Waals surface area contributed by atoms with Crippen LogP contribution in [0.2, 0.25) is 0 Å². The number of rotatable bonds is 8. The Balaban J connectivity index is 2.93. The third kappa shape index (κ3) is 5.43. The Kier molecular flexibility index (Phi) is 7.58. The second-order valence-electron chi connectivity index (χ2n) is 6.33. The average Bonchev–Trinajstić information content (AvgIpc) is 2.58. The van der Waals surface area contributed by atoms with Gasteiger partial charge in [0, 0.05) is 20.1 Å². The topological polar surface area (TPSA) is 102 Å². The van der Waals surface area contributed by atoms with Gasteiger partial charge in [0.1, 0.15) is 10.6 Å². The van der Waals surface area contributed by atoms with Crippen molar-refractivity contribution in [2.75, 3.05) is 27.8 Å². The lowest BCUT2D eigenvalue weighted by molar-refractivity contribution is -0.125. The van der Waals surface area contributed by atoms with E-state index in [4.69, 9.17) is 9.47 Å². The van der Waals surface area contributed by atoms with Crippen LogP contribution in [0.25, 0.3) is 0 Å². The molecule has 9 heteroatoms. The van der Waals surface area contributed by atoms with E-state index in [1.54, 1.807) is 0 Å². The van der Waals surface area contributed by atoms with E-state index >= 15 is 0 Å². The number of ether oxygens (including phenoxy) is 2. The zero-order valence-corrected chi connectivity index (χ0v) is 16.7. The van der Waals surface area contributed by atoms with Gasteiger partial charge in [0.25, 0.3) is 5.91 Å². The quantitative estimate of drug-likeness (QED) is 0.675. The van der Waals surface area contributed by atoms with E-state index in [0.717, 1.165) is 4.31 Å². The average molecular weight is 386 g/mol. The number of carbonyl (C=O) groups is 2. The summed E-state index contributed by atoms with van der Waals surface area (Å²) in [5.74, 6) is -0.863. The van der Waals surface area contributed by atoms with Crippen LogP contribution >= 0.6 is 0 Å². The molecule has 146 valence electrons. The molecule has 1 atom stereocenters. The van der Waals surface area contributed by atoms with Crippen molar-refractivity contribution in [2.45, 2.75) is 31.7 Å². The van der Waals surface area contributed by atoms with Crippen LogP contribution in [0.3, 0.4) is 0 Å². The SMILES string of the molecule is COc1ccc(C(=O)OCC(=O)N[C@H](C)C(C)C)cc1S(=O)(=O)N(C)C. The van der Waals surface area contributed by atoms with E-state index < -0.39 is 28.5 Å². The second kappa shape index (κ2) is 9.00. The molecule has 0 radical (unpaired) electrons. The van der Waals surface area contributed by atoms with Gasteiger partial charge in [-0.05, 0) is 31.0 Å². The first-order valence-electron chi connectivity index (χ1n) is 8.07. The largest absolute Gasteiger partial charge is 0.495 e. The van der Waals surface area contributed by atoms with Crippen LogP contribution in [0.5, 0.6) is 5.75 Å². The van der Waals surface area contributed by atoms with E-state index in [9.17, 15) is 18.0 Å². The van der Waals surface area contributed by atoms with Crippen LogP contribution in [0, 0.1) is 5.92 Å². The first-order valence-corrected chi connectivity index (χ1v) is 9.51. The van der Waals surface area contributed by atoms with Gasteiger partial charge in [-0.25, -0.2) is 17.5 Å². The van der Waals surface area contributed by atoms with Crippen molar-refractivity contribution in [2.24, 2.45) is 5.92 Å². The van der Waals surface area contributed by atoms with Crippen molar-refractivity contribution < 1.29 is 27.5 Å². The molecule has 0 bridgehead atoms. The third-order valence-electron chi connectivity index (χ3n) is 3.88. The van der Waals surface area contributed by atoms with Crippen molar-refractivity contribution in [1.29, 1.82) is 0 Å². The van der Waals surface area contributed by atoms with Gasteiger partial charge in [-0.15, -0.1) is 0 Å². The molecule has 0 aliphatic rings. The zero-order valence-electron chi connectivity index (χ0n) is 15.9. The molecule has 1 aromatic rings. The molecule has 0 heterocycles. The smallest absolute Gasteiger partial charge is 0.338 e. The highest BCUT2D eigenvalue weighted by Crippen LogP contribution is 2.27. The van der Waals surface area contributed by atoms with Crippen LogP contribution in [-0.2, 0) is 19.6 Å². The fraction of sp³-hybridized carbons (Fsp3) is 0.529. The summed E-state index contributed by atoms with van der Waals surface area (Å²) in [4.78, 5) is 23.8. The number of sulfonamides is 1. The molecule has 0 unspecified atom stereocenters. The number of amides is 1. The van der Waals surface area contributed by atoms with Crippen LogP contribution < -0.4 is 10.1 Å². The van der Waals surface area contributed by atoms with Crippen molar-refractivity contribution in [3.05, 3.63) is 23.8 Å². The standard InChI is InChI=1S/C17H26N2O6S/c1-11(2)12(3)18-16(20)10-25-17(21)13-7-8-14(24-6)15(9-13)26(22,23)19(4)5/h7-9,11-12H,10H2,1-6H3,(H,18,20)/t12-/m1/s1. The van der Waals surface area contributed by atoms with Crippen LogP contribution in [-0.4, -0.2) is 58.5 Å². The molecule has 0 aliphatic carbocycles. The first-order chi connectivity index (χ1) is 12.0. The van der Waals surface area contributed by atoms with Gasteiger partial charge in [-0.3, -0.25) is 4.79 Å². The molecule has 0 aliphatic heterocycles. The van der Waals surface area contributed by atoms with Gasteiger partial charge in [0.15, 0.2) is 6.61 Å². The fourth-order valence-corrected chi connectivity index (χ4v) is 2.95. The lowest BCUT2D eigenvalue weighted by Gasteiger charge is -2.17. The van der Waals surface area contributed by atoms with Gasteiger partial charge < -0.3 is 14.8 Å². The summed E-state index contributed by atoms with van der Waals surface area (Å²) in [6.45, 7) is 5.33. The van der Waals surface area contributed by atoms with E-state index in [0.29, 0.717) is 0 Å². The first kappa shape index (κ1) is 21.9. The Morgan fingerprint density at radius 1 is 1.19 bits per heavy atom. The minimum Gasteiger partial charge on any atom is -0.495 e. The number of methoxy groups -OCH3 is 1. The van der Waals surface area contributed by atoms with Gasteiger partial charge in [0.05, 0.1) is 12.7 Å². The van der Waals surface area contributed by atoms with Gasteiger partial charge >= 0.3 is 5.97 Å². The summed E-state index contributed by atoms with van der Waals surface area (Å²) >= 11 is 0. The van der Waals surface area contributed by atoms with Crippen molar-refractivity contribution in [1.82, 2.24) is 9.62 Å². The molecular formula is C17H26N2O6S. The highest BCUT2D eigenvalue weighted by molar-refractivity contribution is 7.89. The lowest BCUT2D eigenvalue weighted by atomic mass is 10.1. The highest BCUT2D eigenvalue weighted by Gasteiger charge is 2.24. The van der Waals surface area contributed by atoms with Gasteiger partial charge in [-0.1, -0.05) is 13.8 Å². The summed E-state index contributed by atoms with van der Waals surface area (Å²) < 4.78 is 35.8. The Hall–Kier alpha value is -2.13. The number of nitrogens with one attached hydrogen (secondary N) is 1. The van der Waals surface area contributed by atoms with E-state index in [1.807, 2.05) is 20.8 Å². The summed E-state index contributed by atoms with van der Waals surface area (Å²) in [7, 11) is 0.274. The normalized spacial score (nSPS) is 12.8. The Bertz CT molecular complexity index is 759. The maximum Gasteiger partial charge on any atom is 0.338 e. The van der Waals surface area contributed by atoms with Crippen LogP contribution in [0.1, 0.15) is 31.1 Å². The maximum atomic E-state index is 12.4. The third-order valence-corrected chi connectivity index (χ3v) is 5.72. The maximum absolute atomic E-state index is 12.4. The second-order valence-corrected chi connectivity index (χ2v) is 8.45. The Morgan fingerprint density at radius 2 is 1.81 bits per heavy atom. The molecule has 0 saturated carbocycles. The molecule has 0 spiro atoms. The molecule has 1 amide bonds. The van der Waals surface area contributed by atoms with E-state index in [2.05, 4.69) is 5.32 Å². The number of esters is 1. The molecule has 0 fully saturated rings. The number of benzene rings is 1. The van der Waals surface area contributed by atoms with E-state index in [-0.39, 0.29) is 28.2 Å². The van der Waals surface area contributed by atoms with E-state index in [1.165, 1.54) is 39.4 Å². The van der Waals surface area contributed by atoms with Crippen LogP contribution in [0.4, 0.5) is 0 Å². The monoisotopic (exact) mass is 386 g/mol. The van der Waals surface area contributed by atoms with Crippen molar-refractivity contribution in [3.63, 3.8) is 0 Å². The Labute approximate surface area is 154 Å². The number of nitrogens with zero attached hydrogens (tertiary/aromatic N) is 1. The molecule has 1 N–H and O–H groups in total. The molecule has 1 aromatic carbocycles. The highest BCUT2D eigenvalue weighted by atomic mass is 32.2. The summed E-state index contributed by atoms with van der Waals surface area (Å²) in [6, 6.07) is 3.86. The van der Waals surface area contributed by atoms with Crippen molar-refractivity contribution in [3.8, 4) is 5.75 Å². The summed E-state index contributed by atoms with van der Waals surface area (Å²) in [5.41, 5.74) is 0.0101.